The molecule has 9 atom stereocenters. The number of fused-ring (bicyclic) bond motifs is 1. The van der Waals surface area contributed by atoms with E-state index in [-0.39, 0.29) is 24.2 Å². The quantitative estimate of drug-likeness (QED) is 0.219. The Morgan fingerprint density at radius 1 is 1.05 bits per heavy atom. The molecule has 1 aliphatic carbocycles. The number of aliphatic hydroxyl groups is 4. The smallest absolute Gasteiger partial charge is 0.337 e. The molecule has 4 rings (SSSR count). The molecule has 1 saturated heterocycles. The number of benzene rings is 1. The lowest BCUT2D eigenvalue weighted by molar-refractivity contribution is -0.343. The summed E-state index contributed by atoms with van der Waals surface area (Å²) >= 11 is 0. The van der Waals surface area contributed by atoms with Gasteiger partial charge < -0.3 is 49.2 Å². The van der Waals surface area contributed by atoms with Gasteiger partial charge in [-0.3, -0.25) is 0 Å². The number of esters is 2. The molecule has 5 N–H and O–H groups in total. The second-order valence-electron chi connectivity index (χ2n) is 9.48. The molecule has 2 aliphatic heterocycles. The molecule has 38 heavy (non-hydrogen) atoms. The first-order valence-corrected chi connectivity index (χ1v) is 12.3. The predicted molar refractivity (Wildman–Crippen MR) is 128 cm³/mol. The van der Waals surface area contributed by atoms with Crippen LogP contribution in [0.5, 0.6) is 5.75 Å². The lowest BCUT2D eigenvalue weighted by atomic mass is 9.83. The highest BCUT2D eigenvalue weighted by Crippen LogP contribution is 2.47. The van der Waals surface area contributed by atoms with Crippen molar-refractivity contribution in [1.29, 1.82) is 0 Å². The van der Waals surface area contributed by atoms with Gasteiger partial charge in [0.05, 0.1) is 18.9 Å². The van der Waals surface area contributed by atoms with Gasteiger partial charge in [-0.25, -0.2) is 9.59 Å². The van der Waals surface area contributed by atoms with Crippen LogP contribution in [0.2, 0.25) is 0 Å². The van der Waals surface area contributed by atoms with E-state index in [9.17, 15) is 35.1 Å². The number of hydrogen-bond acceptors (Lipinski definition) is 12. The zero-order chi connectivity index (χ0) is 27.4. The molecule has 0 aromatic heterocycles. The lowest BCUT2D eigenvalue weighted by Crippen LogP contribution is -2.60. The van der Waals surface area contributed by atoms with E-state index in [4.69, 9.17) is 23.7 Å². The van der Waals surface area contributed by atoms with Gasteiger partial charge in [0, 0.05) is 24.5 Å². The Kier molecular flexibility index (Phi) is 9.03. The van der Waals surface area contributed by atoms with Crippen LogP contribution in [0.1, 0.15) is 18.4 Å². The fourth-order valence-electron chi connectivity index (χ4n) is 5.11. The zero-order valence-electron chi connectivity index (χ0n) is 20.7. The van der Waals surface area contributed by atoms with Crippen LogP contribution in [-0.4, -0.2) is 94.8 Å². The average molecular weight is 537 g/mol. The van der Waals surface area contributed by atoms with E-state index in [1.54, 1.807) is 12.1 Å². The lowest BCUT2D eigenvalue weighted by Gasteiger charge is -2.43. The molecule has 0 bridgehead atoms. The van der Waals surface area contributed by atoms with Gasteiger partial charge in [0.1, 0.15) is 36.8 Å². The average Bonchev–Trinajstić information content (AvgIpc) is 3.36. The second-order valence-corrected chi connectivity index (χ2v) is 9.48. The monoisotopic (exact) mass is 536 g/mol. The molecule has 2 heterocycles. The number of ether oxygens (including phenoxy) is 5. The van der Waals surface area contributed by atoms with E-state index >= 15 is 0 Å². The summed E-state index contributed by atoms with van der Waals surface area (Å²) in [4.78, 5) is 24.3. The fourth-order valence-corrected chi connectivity index (χ4v) is 5.11. The number of rotatable bonds is 8. The maximum absolute atomic E-state index is 12.2. The van der Waals surface area contributed by atoms with Crippen molar-refractivity contribution in [2.45, 2.75) is 49.8 Å². The maximum atomic E-state index is 12.2. The molecular formula is C26H32O12. The Morgan fingerprint density at radius 3 is 2.47 bits per heavy atom. The van der Waals surface area contributed by atoms with Gasteiger partial charge in [-0.1, -0.05) is 12.1 Å². The van der Waals surface area contributed by atoms with Gasteiger partial charge in [-0.15, -0.1) is 0 Å². The molecule has 0 radical (unpaired) electrons. The molecule has 2 fully saturated rings. The highest BCUT2D eigenvalue weighted by molar-refractivity contribution is 5.89. The Bertz CT molecular complexity index is 1040. The van der Waals surface area contributed by atoms with Crippen LogP contribution in [0.25, 0.3) is 6.08 Å². The number of hydrogen-bond donors (Lipinski definition) is 5. The van der Waals surface area contributed by atoms with Gasteiger partial charge in [-0.05, 0) is 42.5 Å². The Hall–Kier alpha value is -3.00. The normalized spacial score (nSPS) is 34.8. The molecule has 208 valence electrons. The van der Waals surface area contributed by atoms with Crippen molar-refractivity contribution in [3.63, 3.8) is 0 Å². The Labute approximate surface area is 218 Å². The number of carbonyl (C=O) groups excluding carboxylic acids is 2. The van der Waals surface area contributed by atoms with E-state index in [1.165, 1.54) is 31.6 Å². The topological polar surface area (TPSA) is 181 Å². The van der Waals surface area contributed by atoms with Crippen molar-refractivity contribution in [2.24, 2.45) is 17.8 Å². The van der Waals surface area contributed by atoms with E-state index in [0.29, 0.717) is 24.0 Å². The van der Waals surface area contributed by atoms with E-state index < -0.39 is 61.5 Å². The molecule has 1 aromatic carbocycles. The fraction of sp³-hybridized carbons (Fsp3) is 0.538. The summed E-state index contributed by atoms with van der Waals surface area (Å²) in [6.07, 6.45) is -3.61. The van der Waals surface area contributed by atoms with E-state index in [0.717, 1.165) is 6.08 Å². The van der Waals surface area contributed by atoms with Crippen LogP contribution in [0, 0.1) is 17.8 Å². The van der Waals surface area contributed by atoms with E-state index in [2.05, 4.69) is 0 Å². The van der Waals surface area contributed by atoms with Gasteiger partial charge in [0.15, 0.2) is 6.29 Å². The number of phenols is 1. The minimum atomic E-state index is -1.68. The van der Waals surface area contributed by atoms with Gasteiger partial charge in [0.25, 0.3) is 0 Å². The van der Waals surface area contributed by atoms with Crippen molar-refractivity contribution >= 4 is 18.0 Å². The molecule has 0 amide bonds. The maximum Gasteiger partial charge on any atom is 0.337 e. The first-order chi connectivity index (χ1) is 18.2. The first kappa shape index (κ1) is 28.0. The van der Waals surface area contributed by atoms with Crippen molar-refractivity contribution < 1.29 is 58.8 Å². The minimum absolute atomic E-state index is 0.0829. The van der Waals surface area contributed by atoms with E-state index in [1.807, 2.05) is 0 Å². The summed E-state index contributed by atoms with van der Waals surface area (Å²) < 4.78 is 27.2. The molecule has 6 unspecified atom stereocenters. The first-order valence-electron chi connectivity index (χ1n) is 12.3. The van der Waals surface area contributed by atoms with Crippen LogP contribution in [0.4, 0.5) is 0 Å². The third-order valence-corrected chi connectivity index (χ3v) is 7.19. The highest BCUT2D eigenvalue weighted by Gasteiger charge is 2.52. The number of methoxy groups -OCH3 is 1. The molecular weight excluding hydrogens is 504 g/mol. The molecule has 3 aliphatic rings. The SMILES string of the molecule is COC(=O)C1=CO[C@@H](OC2OC(COC(=O)/C=C/c3ccc(O)cc3)C(O)C(O)C2O)[C@@H]2C(CO)CC[C@H]12. The Morgan fingerprint density at radius 2 is 1.79 bits per heavy atom. The number of carbonyl (C=O) groups is 2. The van der Waals surface area contributed by atoms with Crippen molar-refractivity contribution in [3.05, 3.63) is 47.7 Å². The number of phenolic OH excluding ortho intramolecular Hbond substituents is 1. The molecule has 12 heteroatoms. The molecule has 1 aromatic rings. The Balaban J connectivity index is 1.40. The largest absolute Gasteiger partial charge is 0.508 e. The number of aliphatic hydroxyl groups excluding tert-OH is 4. The molecule has 1 saturated carbocycles. The van der Waals surface area contributed by atoms with Crippen molar-refractivity contribution in [3.8, 4) is 5.75 Å². The van der Waals surface area contributed by atoms with Gasteiger partial charge in [0.2, 0.25) is 6.29 Å². The molecule has 12 nitrogen and oxygen atoms in total. The van der Waals surface area contributed by atoms with Crippen LogP contribution in [0.15, 0.2) is 42.2 Å². The van der Waals surface area contributed by atoms with Crippen LogP contribution in [-0.2, 0) is 33.3 Å². The second kappa shape index (κ2) is 12.2. The van der Waals surface area contributed by atoms with Crippen molar-refractivity contribution in [1.82, 2.24) is 0 Å². The third-order valence-electron chi connectivity index (χ3n) is 7.19. The summed E-state index contributed by atoms with van der Waals surface area (Å²) in [6.45, 7) is -0.628. The molecule has 0 spiro atoms. The highest BCUT2D eigenvalue weighted by atomic mass is 16.8. The summed E-state index contributed by atoms with van der Waals surface area (Å²) in [5.41, 5.74) is 0.961. The predicted octanol–water partition coefficient (Wildman–Crippen LogP) is -0.179. The minimum Gasteiger partial charge on any atom is -0.508 e. The van der Waals surface area contributed by atoms with Gasteiger partial charge in [-0.2, -0.15) is 0 Å². The summed E-state index contributed by atoms with van der Waals surface area (Å²) in [7, 11) is 1.26. The summed E-state index contributed by atoms with van der Waals surface area (Å²) in [6, 6.07) is 6.12. The summed E-state index contributed by atoms with van der Waals surface area (Å²) in [5, 5.41) is 50.5. The van der Waals surface area contributed by atoms with Crippen LogP contribution in [0.3, 0.4) is 0 Å². The standard InChI is InChI=1S/C26H32O12/c1-34-24(33)17-11-36-25(20-14(10-27)5-8-16(17)20)38-26-23(32)22(31)21(30)18(37-26)12-35-19(29)9-4-13-2-6-15(28)7-3-13/h2-4,6-7,9,11,14,16,18,20-23,25-28,30-32H,5,8,10,12H2,1H3/b9-4+/t14?,16-,18?,20-,21?,22?,23?,25+,26?/m1/s1. The third kappa shape index (κ3) is 6.01. The van der Waals surface area contributed by atoms with Crippen LogP contribution >= 0.6 is 0 Å². The van der Waals surface area contributed by atoms with Crippen LogP contribution < -0.4 is 0 Å². The number of aromatic hydroxyl groups is 1. The summed E-state index contributed by atoms with van der Waals surface area (Å²) in [5.74, 6) is -2.24. The van der Waals surface area contributed by atoms with Crippen molar-refractivity contribution in [2.75, 3.05) is 20.3 Å². The van der Waals surface area contributed by atoms with Gasteiger partial charge >= 0.3 is 11.9 Å². The zero-order valence-corrected chi connectivity index (χ0v) is 20.7.